The van der Waals surface area contributed by atoms with Crippen molar-refractivity contribution in [3.8, 4) is 0 Å². The standard InChI is InChI=1S/C8H8ClN3O6S/c9-6-2-1-5(12(14)15)3-7(6)19(16,17)11-18-4-8(10)13/h1-3,11H,4H2,(H2,10,13). The van der Waals surface area contributed by atoms with E-state index in [-0.39, 0.29) is 5.02 Å². The van der Waals surface area contributed by atoms with Crippen molar-refractivity contribution in [1.82, 2.24) is 4.89 Å². The third-order valence-electron chi connectivity index (χ3n) is 1.80. The summed E-state index contributed by atoms with van der Waals surface area (Å²) in [6, 6.07) is 2.87. The molecule has 0 aromatic heterocycles. The zero-order valence-corrected chi connectivity index (χ0v) is 10.8. The Kier molecular flexibility index (Phi) is 4.78. The van der Waals surface area contributed by atoms with Crippen LogP contribution in [-0.4, -0.2) is 25.9 Å². The minimum atomic E-state index is -4.26. The van der Waals surface area contributed by atoms with E-state index in [2.05, 4.69) is 4.84 Å². The van der Waals surface area contributed by atoms with Gasteiger partial charge in [-0.25, -0.2) is 8.42 Å². The van der Waals surface area contributed by atoms with Crippen LogP contribution < -0.4 is 10.6 Å². The summed E-state index contributed by atoms with van der Waals surface area (Å²) in [6.07, 6.45) is 0. The molecule has 0 aliphatic heterocycles. The lowest BCUT2D eigenvalue weighted by molar-refractivity contribution is -0.385. The molecule has 0 unspecified atom stereocenters. The Hall–Kier alpha value is -1.75. The van der Waals surface area contributed by atoms with Crippen molar-refractivity contribution in [2.75, 3.05) is 6.61 Å². The number of nitrogens with zero attached hydrogens (tertiary/aromatic N) is 1. The summed E-state index contributed by atoms with van der Waals surface area (Å²) >= 11 is 5.64. The zero-order valence-electron chi connectivity index (χ0n) is 9.20. The van der Waals surface area contributed by atoms with Crippen LogP contribution >= 0.6 is 11.6 Å². The first-order valence-corrected chi connectivity index (χ1v) is 6.46. The van der Waals surface area contributed by atoms with Gasteiger partial charge in [0, 0.05) is 12.1 Å². The normalized spacial score (nSPS) is 11.2. The van der Waals surface area contributed by atoms with Crippen LogP contribution in [0, 0.1) is 10.1 Å². The number of amides is 1. The van der Waals surface area contributed by atoms with Crippen LogP contribution in [0.25, 0.3) is 0 Å². The third-order valence-corrected chi connectivity index (χ3v) is 3.49. The lowest BCUT2D eigenvalue weighted by Gasteiger charge is -2.07. The molecule has 0 atom stereocenters. The van der Waals surface area contributed by atoms with E-state index in [9.17, 15) is 23.3 Å². The van der Waals surface area contributed by atoms with E-state index in [0.717, 1.165) is 18.2 Å². The van der Waals surface area contributed by atoms with Gasteiger partial charge in [0.2, 0.25) is 5.91 Å². The molecule has 1 aromatic carbocycles. The van der Waals surface area contributed by atoms with Gasteiger partial charge in [0.15, 0.2) is 0 Å². The summed E-state index contributed by atoms with van der Waals surface area (Å²) in [4.78, 5) is 25.5. The summed E-state index contributed by atoms with van der Waals surface area (Å²) in [5.74, 6) is -0.896. The lowest BCUT2D eigenvalue weighted by Crippen LogP contribution is -2.29. The van der Waals surface area contributed by atoms with E-state index in [1.54, 1.807) is 4.89 Å². The van der Waals surface area contributed by atoms with Crippen molar-refractivity contribution in [3.05, 3.63) is 33.3 Å². The van der Waals surface area contributed by atoms with Gasteiger partial charge in [0.1, 0.15) is 11.5 Å². The number of benzene rings is 1. The largest absolute Gasteiger partial charge is 0.368 e. The van der Waals surface area contributed by atoms with Crippen molar-refractivity contribution >= 4 is 33.2 Å². The maximum atomic E-state index is 11.7. The SMILES string of the molecule is NC(=O)CONS(=O)(=O)c1cc([N+](=O)[O-])ccc1Cl. The fourth-order valence-corrected chi connectivity index (χ4v) is 2.36. The molecule has 1 amide bonds. The molecule has 0 spiro atoms. The number of carbonyl (C=O) groups excluding carboxylic acids is 1. The second kappa shape index (κ2) is 5.93. The molecule has 3 N–H and O–H groups in total. The summed E-state index contributed by atoms with van der Waals surface area (Å²) in [5, 5.41) is 10.3. The number of nitro groups is 1. The Morgan fingerprint density at radius 1 is 1.53 bits per heavy atom. The number of sulfonamides is 1. The van der Waals surface area contributed by atoms with Crippen LogP contribution in [0.15, 0.2) is 23.1 Å². The van der Waals surface area contributed by atoms with E-state index in [0.29, 0.717) is 0 Å². The summed E-state index contributed by atoms with van der Waals surface area (Å²) in [5.41, 5.74) is 4.28. The van der Waals surface area contributed by atoms with Gasteiger partial charge in [-0.2, -0.15) is 0 Å². The first kappa shape index (κ1) is 15.3. The minimum Gasteiger partial charge on any atom is -0.368 e. The molecule has 0 saturated carbocycles. The second-order valence-electron chi connectivity index (χ2n) is 3.21. The molecule has 1 rings (SSSR count). The van der Waals surface area contributed by atoms with Gasteiger partial charge < -0.3 is 5.73 Å². The number of hydrogen-bond donors (Lipinski definition) is 2. The zero-order chi connectivity index (χ0) is 14.6. The lowest BCUT2D eigenvalue weighted by atomic mass is 10.3. The molecule has 1 aromatic rings. The highest BCUT2D eigenvalue weighted by molar-refractivity contribution is 7.89. The smallest absolute Gasteiger partial charge is 0.270 e. The Morgan fingerprint density at radius 2 is 2.16 bits per heavy atom. The topological polar surface area (TPSA) is 142 Å². The molecular weight excluding hydrogens is 302 g/mol. The molecule has 0 radical (unpaired) electrons. The first-order chi connectivity index (χ1) is 8.74. The predicted molar refractivity (Wildman–Crippen MR) is 63.6 cm³/mol. The maximum absolute atomic E-state index is 11.7. The van der Waals surface area contributed by atoms with Crippen LogP contribution in [0.2, 0.25) is 5.02 Å². The predicted octanol–water partition coefficient (Wildman–Crippen LogP) is -0.0566. The fraction of sp³-hybridized carbons (Fsp3) is 0.125. The van der Waals surface area contributed by atoms with E-state index in [1.165, 1.54) is 0 Å². The van der Waals surface area contributed by atoms with Gasteiger partial charge >= 0.3 is 0 Å². The Bertz CT molecular complexity index is 617. The van der Waals surface area contributed by atoms with E-state index in [1.807, 2.05) is 0 Å². The van der Waals surface area contributed by atoms with E-state index in [4.69, 9.17) is 17.3 Å². The van der Waals surface area contributed by atoms with Crippen molar-refractivity contribution < 1.29 is 23.0 Å². The number of nitrogens with one attached hydrogen (secondary N) is 1. The molecule has 0 heterocycles. The number of carbonyl (C=O) groups is 1. The second-order valence-corrected chi connectivity index (χ2v) is 5.23. The van der Waals surface area contributed by atoms with Crippen LogP contribution in [0.1, 0.15) is 0 Å². The molecule has 9 nitrogen and oxygen atoms in total. The van der Waals surface area contributed by atoms with Crippen molar-refractivity contribution in [2.24, 2.45) is 5.73 Å². The molecule has 11 heteroatoms. The first-order valence-electron chi connectivity index (χ1n) is 4.60. The molecule has 0 aliphatic rings. The Labute approximate surface area is 112 Å². The van der Waals surface area contributed by atoms with Crippen LogP contribution in [-0.2, 0) is 19.7 Å². The van der Waals surface area contributed by atoms with Gasteiger partial charge in [-0.3, -0.25) is 19.7 Å². The molecule has 0 saturated heterocycles. The molecular formula is C8H8ClN3O6S. The number of hydrogen-bond acceptors (Lipinski definition) is 6. The molecule has 104 valence electrons. The fourth-order valence-electron chi connectivity index (χ4n) is 1.03. The number of non-ortho nitro benzene ring substituents is 1. The monoisotopic (exact) mass is 309 g/mol. The minimum absolute atomic E-state index is 0.235. The van der Waals surface area contributed by atoms with Crippen LogP contribution in [0.3, 0.4) is 0 Å². The highest BCUT2D eigenvalue weighted by Crippen LogP contribution is 2.25. The highest BCUT2D eigenvalue weighted by Gasteiger charge is 2.22. The van der Waals surface area contributed by atoms with E-state index >= 15 is 0 Å². The average Bonchev–Trinajstić information content (AvgIpc) is 2.28. The van der Waals surface area contributed by atoms with Gasteiger partial charge in [-0.05, 0) is 6.07 Å². The van der Waals surface area contributed by atoms with Gasteiger partial charge in [-0.1, -0.05) is 16.5 Å². The quantitative estimate of drug-likeness (QED) is 0.557. The maximum Gasteiger partial charge on any atom is 0.270 e. The van der Waals surface area contributed by atoms with Gasteiger partial charge in [0.05, 0.1) is 9.95 Å². The summed E-state index contributed by atoms with van der Waals surface area (Å²) in [6.45, 7) is -0.689. The third kappa shape index (κ3) is 4.13. The number of nitrogens with two attached hydrogens (primary N) is 1. The van der Waals surface area contributed by atoms with Crippen molar-refractivity contribution in [1.29, 1.82) is 0 Å². The molecule has 0 fully saturated rings. The highest BCUT2D eigenvalue weighted by atomic mass is 35.5. The molecule has 0 aliphatic carbocycles. The number of halogens is 1. The van der Waals surface area contributed by atoms with E-state index < -0.39 is 38.0 Å². The van der Waals surface area contributed by atoms with Crippen LogP contribution in [0.4, 0.5) is 5.69 Å². The van der Waals surface area contributed by atoms with Crippen LogP contribution in [0.5, 0.6) is 0 Å². The Morgan fingerprint density at radius 3 is 2.68 bits per heavy atom. The van der Waals surface area contributed by atoms with Gasteiger partial charge in [-0.15, -0.1) is 0 Å². The Balaban J connectivity index is 3.03. The average molecular weight is 310 g/mol. The number of nitro benzene ring substituents is 1. The summed E-state index contributed by atoms with van der Waals surface area (Å²) < 4.78 is 23.4. The number of rotatable bonds is 6. The molecule has 19 heavy (non-hydrogen) atoms. The summed E-state index contributed by atoms with van der Waals surface area (Å²) in [7, 11) is -4.26. The number of primary amides is 1. The van der Waals surface area contributed by atoms with Gasteiger partial charge in [0.25, 0.3) is 15.7 Å². The van der Waals surface area contributed by atoms with Crippen molar-refractivity contribution in [3.63, 3.8) is 0 Å². The van der Waals surface area contributed by atoms with Crippen molar-refractivity contribution in [2.45, 2.75) is 4.90 Å². The molecule has 0 bridgehead atoms.